The maximum Gasteiger partial charge on any atom is 0.259 e. The number of halogens is 3. The molecule has 4 nitrogen and oxygen atoms in total. The smallest absolute Gasteiger partial charge is 0.259 e. The number of nitrogens with two attached hydrogens (primary N) is 1. The Kier molecular flexibility index (Phi) is 5.21. The van der Waals surface area contributed by atoms with E-state index < -0.39 is 0 Å². The molecule has 0 saturated heterocycles. The molecular formula is C15H13BrCl2N2O2. The molecule has 116 valence electrons. The van der Waals surface area contributed by atoms with E-state index in [9.17, 15) is 4.79 Å². The molecule has 0 radical (unpaired) electrons. The fourth-order valence-corrected chi connectivity index (χ4v) is 3.29. The van der Waals surface area contributed by atoms with Crippen LogP contribution >= 0.6 is 39.1 Å². The lowest BCUT2D eigenvalue weighted by molar-refractivity contribution is 0.102. The average Bonchev–Trinajstić information content (AvgIpc) is 2.41. The van der Waals surface area contributed by atoms with Crippen LogP contribution in [-0.4, -0.2) is 13.0 Å². The van der Waals surface area contributed by atoms with Gasteiger partial charge in [0, 0.05) is 15.2 Å². The lowest BCUT2D eigenvalue weighted by Gasteiger charge is -2.14. The summed E-state index contributed by atoms with van der Waals surface area (Å²) < 4.78 is 5.87. The van der Waals surface area contributed by atoms with Gasteiger partial charge in [0.05, 0.1) is 23.4 Å². The minimum Gasteiger partial charge on any atom is -0.494 e. The van der Waals surface area contributed by atoms with Crippen LogP contribution in [0, 0.1) is 6.92 Å². The first-order chi connectivity index (χ1) is 10.3. The summed E-state index contributed by atoms with van der Waals surface area (Å²) >= 11 is 15.4. The van der Waals surface area contributed by atoms with Crippen molar-refractivity contribution in [3.8, 4) is 5.75 Å². The van der Waals surface area contributed by atoms with Gasteiger partial charge in [0.2, 0.25) is 0 Å². The summed E-state index contributed by atoms with van der Waals surface area (Å²) in [5.74, 6) is -0.109. The highest BCUT2D eigenvalue weighted by Crippen LogP contribution is 2.34. The minimum absolute atomic E-state index is 0.253. The molecule has 0 unspecified atom stereocenters. The monoisotopic (exact) mass is 402 g/mol. The van der Waals surface area contributed by atoms with Gasteiger partial charge in [-0.1, -0.05) is 23.2 Å². The van der Waals surface area contributed by atoms with Crippen LogP contribution in [0.25, 0.3) is 0 Å². The second-order valence-electron chi connectivity index (χ2n) is 4.62. The van der Waals surface area contributed by atoms with Gasteiger partial charge >= 0.3 is 0 Å². The Balaban J connectivity index is 2.43. The minimum atomic E-state index is -0.380. The van der Waals surface area contributed by atoms with Crippen LogP contribution in [0.15, 0.2) is 28.7 Å². The lowest BCUT2D eigenvalue weighted by Crippen LogP contribution is -2.15. The van der Waals surface area contributed by atoms with E-state index in [4.69, 9.17) is 33.7 Å². The third-order valence-electron chi connectivity index (χ3n) is 3.01. The predicted molar refractivity (Wildman–Crippen MR) is 94.3 cm³/mol. The second-order valence-corrected chi connectivity index (χ2v) is 6.32. The summed E-state index contributed by atoms with van der Waals surface area (Å²) in [6, 6.07) is 6.50. The fourth-order valence-electron chi connectivity index (χ4n) is 2.05. The maximum absolute atomic E-state index is 12.5. The van der Waals surface area contributed by atoms with E-state index in [1.807, 2.05) is 6.92 Å². The molecular weight excluding hydrogens is 391 g/mol. The molecule has 2 rings (SSSR count). The molecule has 0 saturated carbocycles. The van der Waals surface area contributed by atoms with Crippen LogP contribution in [0.2, 0.25) is 10.0 Å². The van der Waals surface area contributed by atoms with Gasteiger partial charge in [0.1, 0.15) is 5.75 Å². The standard InChI is InChI=1S/C15H13BrCl2N2O2/c1-7-3-9(19)6-11(16)13(7)20-15(21)10-4-8(17)5-12(18)14(10)22-2/h3-6H,19H2,1-2H3,(H,20,21). The van der Waals surface area contributed by atoms with Crippen molar-refractivity contribution in [2.24, 2.45) is 0 Å². The number of carbonyl (C=O) groups excluding carboxylic acids is 1. The molecule has 2 aromatic carbocycles. The highest BCUT2D eigenvalue weighted by atomic mass is 79.9. The molecule has 7 heteroatoms. The van der Waals surface area contributed by atoms with Gasteiger partial charge in [-0.15, -0.1) is 0 Å². The molecule has 0 aromatic heterocycles. The zero-order chi connectivity index (χ0) is 16.4. The van der Waals surface area contributed by atoms with Crippen molar-refractivity contribution < 1.29 is 9.53 Å². The molecule has 22 heavy (non-hydrogen) atoms. The van der Waals surface area contributed by atoms with Crippen molar-refractivity contribution in [1.29, 1.82) is 0 Å². The van der Waals surface area contributed by atoms with Gasteiger partial charge in [-0.05, 0) is 52.7 Å². The third kappa shape index (κ3) is 3.48. The Labute approximate surface area is 146 Å². The molecule has 0 spiro atoms. The summed E-state index contributed by atoms with van der Waals surface area (Å²) in [6.07, 6.45) is 0. The van der Waals surface area contributed by atoms with Crippen molar-refractivity contribution >= 4 is 56.4 Å². The number of amides is 1. The molecule has 2 aromatic rings. The van der Waals surface area contributed by atoms with E-state index >= 15 is 0 Å². The predicted octanol–water partition coefficient (Wildman–Crippen LogP) is 4.91. The van der Waals surface area contributed by atoms with E-state index in [2.05, 4.69) is 21.2 Å². The Morgan fingerprint density at radius 2 is 1.95 bits per heavy atom. The number of carbonyl (C=O) groups is 1. The molecule has 0 fully saturated rings. The van der Waals surface area contributed by atoms with Crippen molar-refractivity contribution in [2.75, 3.05) is 18.2 Å². The van der Waals surface area contributed by atoms with E-state index in [1.54, 1.807) is 12.1 Å². The first-order valence-corrected chi connectivity index (χ1v) is 7.78. The number of aryl methyl sites for hydroxylation is 1. The van der Waals surface area contributed by atoms with Crippen molar-refractivity contribution in [3.63, 3.8) is 0 Å². The first-order valence-electron chi connectivity index (χ1n) is 6.23. The van der Waals surface area contributed by atoms with Gasteiger partial charge < -0.3 is 15.8 Å². The molecule has 1 amide bonds. The van der Waals surface area contributed by atoms with Gasteiger partial charge in [0.15, 0.2) is 0 Å². The summed E-state index contributed by atoms with van der Waals surface area (Å²) in [6.45, 7) is 1.85. The number of ether oxygens (including phenoxy) is 1. The quantitative estimate of drug-likeness (QED) is 0.715. The fraction of sp³-hybridized carbons (Fsp3) is 0.133. The van der Waals surface area contributed by atoms with Crippen LogP contribution < -0.4 is 15.8 Å². The number of methoxy groups -OCH3 is 1. The van der Waals surface area contributed by atoms with Crippen LogP contribution in [0.4, 0.5) is 11.4 Å². The lowest BCUT2D eigenvalue weighted by atomic mass is 10.1. The number of hydrogen-bond acceptors (Lipinski definition) is 3. The normalized spacial score (nSPS) is 10.4. The second kappa shape index (κ2) is 6.77. The third-order valence-corrected chi connectivity index (χ3v) is 4.13. The van der Waals surface area contributed by atoms with Gasteiger partial charge in [-0.2, -0.15) is 0 Å². The highest BCUT2D eigenvalue weighted by Gasteiger charge is 2.18. The molecule has 3 N–H and O–H groups in total. The SMILES string of the molecule is COc1c(Cl)cc(Cl)cc1C(=O)Nc1c(C)cc(N)cc1Br. The van der Waals surface area contributed by atoms with Crippen LogP contribution in [0.1, 0.15) is 15.9 Å². The Hall–Kier alpha value is -1.43. The van der Waals surface area contributed by atoms with Gasteiger partial charge in [0.25, 0.3) is 5.91 Å². The maximum atomic E-state index is 12.5. The summed E-state index contributed by atoms with van der Waals surface area (Å²) in [5.41, 5.74) is 8.06. The van der Waals surface area contributed by atoms with Crippen LogP contribution in [-0.2, 0) is 0 Å². The topological polar surface area (TPSA) is 64.3 Å². The van der Waals surface area contributed by atoms with Crippen molar-refractivity contribution in [2.45, 2.75) is 6.92 Å². The molecule has 0 atom stereocenters. The number of nitrogens with one attached hydrogen (secondary N) is 1. The highest BCUT2D eigenvalue weighted by molar-refractivity contribution is 9.10. The first kappa shape index (κ1) is 16.9. The Bertz CT molecular complexity index is 728. The van der Waals surface area contributed by atoms with E-state index in [1.165, 1.54) is 19.2 Å². The number of rotatable bonds is 3. The van der Waals surface area contributed by atoms with Crippen molar-refractivity contribution in [1.82, 2.24) is 0 Å². The van der Waals surface area contributed by atoms with E-state index in [-0.39, 0.29) is 22.2 Å². The number of benzene rings is 2. The van der Waals surface area contributed by atoms with Gasteiger partial charge in [-0.3, -0.25) is 4.79 Å². The Morgan fingerprint density at radius 1 is 1.27 bits per heavy atom. The molecule has 0 heterocycles. The van der Waals surface area contributed by atoms with E-state index in [0.29, 0.717) is 20.9 Å². The molecule has 0 aliphatic rings. The largest absolute Gasteiger partial charge is 0.494 e. The summed E-state index contributed by atoms with van der Waals surface area (Å²) in [4.78, 5) is 12.5. The number of anilines is 2. The molecule has 0 bridgehead atoms. The zero-order valence-corrected chi connectivity index (χ0v) is 14.9. The summed E-state index contributed by atoms with van der Waals surface area (Å²) in [5, 5.41) is 3.43. The van der Waals surface area contributed by atoms with Crippen LogP contribution in [0.3, 0.4) is 0 Å². The number of hydrogen-bond donors (Lipinski definition) is 2. The molecule has 0 aliphatic carbocycles. The zero-order valence-electron chi connectivity index (χ0n) is 11.8. The Morgan fingerprint density at radius 3 is 2.55 bits per heavy atom. The number of nitrogen functional groups attached to an aromatic ring is 1. The molecule has 0 aliphatic heterocycles. The average molecular weight is 404 g/mol. The summed E-state index contributed by atoms with van der Waals surface area (Å²) in [7, 11) is 1.44. The van der Waals surface area contributed by atoms with Crippen LogP contribution in [0.5, 0.6) is 5.75 Å². The van der Waals surface area contributed by atoms with E-state index in [0.717, 1.165) is 5.56 Å². The van der Waals surface area contributed by atoms with Gasteiger partial charge in [-0.25, -0.2) is 0 Å². The van der Waals surface area contributed by atoms with Crippen molar-refractivity contribution in [3.05, 3.63) is 49.9 Å².